The Kier molecular flexibility index (Phi) is 5.75. The van der Waals surface area contributed by atoms with Gasteiger partial charge in [-0.1, -0.05) is 29.8 Å². The van der Waals surface area contributed by atoms with E-state index >= 15 is 0 Å². The van der Waals surface area contributed by atoms with Crippen LogP contribution < -0.4 is 15.4 Å². The van der Waals surface area contributed by atoms with Gasteiger partial charge in [-0.15, -0.1) is 0 Å². The predicted octanol–water partition coefficient (Wildman–Crippen LogP) is 4.82. The van der Waals surface area contributed by atoms with Crippen molar-refractivity contribution in [3.63, 3.8) is 0 Å². The van der Waals surface area contributed by atoms with Crippen molar-refractivity contribution in [2.45, 2.75) is 13.8 Å². The molecule has 3 aromatic carbocycles. The first-order valence-electron chi connectivity index (χ1n) is 8.91. The van der Waals surface area contributed by atoms with Gasteiger partial charge in [-0.05, 0) is 61.9 Å². The number of hydrogen-bond acceptors (Lipinski definition) is 3. The van der Waals surface area contributed by atoms with E-state index in [0.717, 1.165) is 11.1 Å². The molecule has 0 aliphatic carbocycles. The Morgan fingerprint density at radius 1 is 0.821 bits per heavy atom. The molecule has 3 aromatic rings. The molecule has 2 amide bonds. The van der Waals surface area contributed by atoms with Gasteiger partial charge in [-0.25, -0.2) is 0 Å². The summed E-state index contributed by atoms with van der Waals surface area (Å²) in [6.45, 7) is 3.85. The van der Waals surface area contributed by atoms with Gasteiger partial charge < -0.3 is 15.4 Å². The zero-order valence-corrected chi connectivity index (χ0v) is 16.1. The number of anilines is 2. The van der Waals surface area contributed by atoms with Crippen LogP contribution in [0.5, 0.6) is 5.75 Å². The minimum atomic E-state index is -0.253. The maximum atomic E-state index is 12.5. The van der Waals surface area contributed by atoms with Gasteiger partial charge in [-0.3, -0.25) is 9.59 Å². The number of para-hydroxylation sites is 2. The topological polar surface area (TPSA) is 67.4 Å². The fourth-order valence-electron chi connectivity index (χ4n) is 2.83. The number of rotatable bonds is 5. The van der Waals surface area contributed by atoms with Crippen molar-refractivity contribution in [3.8, 4) is 5.75 Å². The van der Waals surface area contributed by atoms with Crippen molar-refractivity contribution >= 4 is 23.2 Å². The molecule has 0 aromatic heterocycles. The minimum Gasteiger partial charge on any atom is -0.495 e. The number of carbonyl (C=O) groups excluding carboxylic acids is 2. The molecule has 0 radical (unpaired) electrons. The lowest BCUT2D eigenvalue weighted by Gasteiger charge is -2.11. The first-order valence-corrected chi connectivity index (χ1v) is 8.91. The molecule has 0 fully saturated rings. The lowest BCUT2D eigenvalue weighted by molar-refractivity contribution is 0.101. The molecular weight excluding hydrogens is 352 g/mol. The van der Waals surface area contributed by atoms with Crippen molar-refractivity contribution in [1.29, 1.82) is 0 Å². The van der Waals surface area contributed by atoms with Crippen LogP contribution in [0.4, 0.5) is 11.4 Å². The molecule has 0 spiro atoms. The Morgan fingerprint density at radius 3 is 2.25 bits per heavy atom. The molecule has 5 nitrogen and oxygen atoms in total. The van der Waals surface area contributed by atoms with Crippen LogP contribution in [0.1, 0.15) is 31.8 Å². The number of benzene rings is 3. The fourth-order valence-corrected chi connectivity index (χ4v) is 2.83. The molecule has 0 saturated heterocycles. The average Bonchev–Trinajstić information content (AvgIpc) is 2.70. The van der Waals surface area contributed by atoms with E-state index in [2.05, 4.69) is 10.6 Å². The lowest BCUT2D eigenvalue weighted by atomic mass is 10.0. The highest BCUT2D eigenvalue weighted by Crippen LogP contribution is 2.24. The number of nitrogens with one attached hydrogen (secondary N) is 2. The van der Waals surface area contributed by atoms with Crippen molar-refractivity contribution in [1.82, 2.24) is 0 Å². The number of ether oxygens (including phenoxy) is 1. The minimum absolute atomic E-state index is 0.174. The van der Waals surface area contributed by atoms with Gasteiger partial charge in [0.15, 0.2) is 0 Å². The largest absolute Gasteiger partial charge is 0.495 e. The third kappa shape index (κ3) is 4.38. The van der Waals surface area contributed by atoms with Gasteiger partial charge in [0.05, 0.1) is 12.8 Å². The normalized spacial score (nSPS) is 10.2. The van der Waals surface area contributed by atoms with E-state index in [4.69, 9.17) is 4.74 Å². The van der Waals surface area contributed by atoms with Gasteiger partial charge in [0.1, 0.15) is 5.75 Å². The maximum Gasteiger partial charge on any atom is 0.255 e. The Labute approximate surface area is 164 Å². The second-order valence-electron chi connectivity index (χ2n) is 6.50. The highest BCUT2D eigenvalue weighted by molar-refractivity contribution is 6.07. The molecule has 0 saturated carbocycles. The maximum absolute atomic E-state index is 12.5. The Morgan fingerprint density at radius 2 is 1.54 bits per heavy atom. The Balaban J connectivity index is 1.70. The summed E-state index contributed by atoms with van der Waals surface area (Å²) in [6, 6.07) is 19.7. The van der Waals surface area contributed by atoms with Crippen LogP contribution in [0.3, 0.4) is 0 Å². The predicted molar refractivity (Wildman–Crippen MR) is 111 cm³/mol. The van der Waals surface area contributed by atoms with Crippen molar-refractivity contribution in [2.75, 3.05) is 17.7 Å². The third-order valence-corrected chi connectivity index (χ3v) is 4.40. The van der Waals surface area contributed by atoms with E-state index in [9.17, 15) is 9.59 Å². The van der Waals surface area contributed by atoms with Gasteiger partial charge in [0.25, 0.3) is 11.8 Å². The highest BCUT2D eigenvalue weighted by atomic mass is 16.5. The molecule has 0 atom stereocenters. The highest BCUT2D eigenvalue weighted by Gasteiger charge is 2.12. The van der Waals surface area contributed by atoms with E-state index < -0.39 is 0 Å². The van der Waals surface area contributed by atoms with Crippen LogP contribution in [0.25, 0.3) is 0 Å². The van der Waals surface area contributed by atoms with Gasteiger partial charge in [0, 0.05) is 16.8 Å². The summed E-state index contributed by atoms with van der Waals surface area (Å²) in [7, 11) is 1.55. The third-order valence-electron chi connectivity index (χ3n) is 4.40. The molecule has 0 aliphatic rings. The fraction of sp³-hybridized carbons (Fsp3) is 0.130. The molecular formula is C23H22N2O3. The van der Waals surface area contributed by atoms with Gasteiger partial charge in [0.2, 0.25) is 0 Å². The molecule has 2 N–H and O–H groups in total. The quantitative estimate of drug-likeness (QED) is 0.673. The van der Waals surface area contributed by atoms with E-state index in [-0.39, 0.29) is 11.8 Å². The number of methoxy groups -OCH3 is 1. The first-order chi connectivity index (χ1) is 13.5. The molecule has 5 heteroatoms. The average molecular weight is 374 g/mol. The summed E-state index contributed by atoms with van der Waals surface area (Å²) in [5, 5.41) is 5.70. The van der Waals surface area contributed by atoms with Gasteiger partial charge in [-0.2, -0.15) is 0 Å². The van der Waals surface area contributed by atoms with Crippen LogP contribution >= 0.6 is 0 Å². The SMILES string of the molecule is COc1ccccc1NC(=O)c1ccc(NC(=O)c2cc(C)ccc2C)cc1. The number of amides is 2. The van der Waals surface area contributed by atoms with Gasteiger partial charge >= 0.3 is 0 Å². The van der Waals surface area contributed by atoms with Crippen LogP contribution in [0.15, 0.2) is 66.7 Å². The second kappa shape index (κ2) is 8.39. The summed E-state index contributed by atoms with van der Waals surface area (Å²) in [4.78, 5) is 25.0. The molecule has 28 heavy (non-hydrogen) atoms. The second-order valence-corrected chi connectivity index (χ2v) is 6.50. The zero-order chi connectivity index (χ0) is 20.1. The molecule has 0 unspecified atom stereocenters. The van der Waals surface area contributed by atoms with Crippen LogP contribution in [0, 0.1) is 13.8 Å². The molecule has 3 rings (SSSR count). The number of carbonyl (C=O) groups is 2. The molecule has 0 heterocycles. The van der Waals surface area contributed by atoms with E-state index in [0.29, 0.717) is 28.3 Å². The van der Waals surface area contributed by atoms with Crippen molar-refractivity contribution < 1.29 is 14.3 Å². The van der Waals surface area contributed by atoms with Crippen molar-refractivity contribution in [2.24, 2.45) is 0 Å². The molecule has 0 bridgehead atoms. The zero-order valence-electron chi connectivity index (χ0n) is 16.1. The number of aryl methyl sites for hydroxylation is 2. The summed E-state index contributed by atoms with van der Waals surface area (Å²) in [6.07, 6.45) is 0. The first kappa shape index (κ1) is 19.2. The Hall–Kier alpha value is -3.60. The summed E-state index contributed by atoms with van der Waals surface area (Å²) in [5.41, 5.74) is 4.28. The molecule has 142 valence electrons. The van der Waals surface area contributed by atoms with E-state index in [1.807, 2.05) is 44.2 Å². The Bertz CT molecular complexity index is 1010. The van der Waals surface area contributed by atoms with Crippen LogP contribution in [-0.4, -0.2) is 18.9 Å². The smallest absolute Gasteiger partial charge is 0.255 e. The van der Waals surface area contributed by atoms with Crippen LogP contribution in [0.2, 0.25) is 0 Å². The summed E-state index contributed by atoms with van der Waals surface area (Å²) >= 11 is 0. The van der Waals surface area contributed by atoms with Crippen LogP contribution in [-0.2, 0) is 0 Å². The standard InChI is InChI=1S/C23H22N2O3/c1-15-8-9-16(2)19(14-15)23(27)24-18-12-10-17(11-13-18)22(26)25-20-6-4-5-7-21(20)28-3/h4-14H,1-3H3,(H,24,27)(H,25,26). The monoisotopic (exact) mass is 374 g/mol. The summed E-state index contributed by atoms with van der Waals surface area (Å²) < 4.78 is 5.24. The van der Waals surface area contributed by atoms with E-state index in [1.54, 1.807) is 43.5 Å². The number of hydrogen-bond donors (Lipinski definition) is 2. The van der Waals surface area contributed by atoms with E-state index in [1.165, 1.54) is 0 Å². The van der Waals surface area contributed by atoms with Crippen molar-refractivity contribution in [3.05, 3.63) is 89.0 Å². The lowest BCUT2D eigenvalue weighted by Crippen LogP contribution is -2.15. The molecule has 0 aliphatic heterocycles. The summed E-state index contributed by atoms with van der Waals surface area (Å²) in [5.74, 6) is 0.164.